The van der Waals surface area contributed by atoms with Crippen molar-refractivity contribution in [2.24, 2.45) is 0 Å². The van der Waals surface area contributed by atoms with Gasteiger partial charge >= 0.3 is 0 Å². The highest BCUT2D eigenvalue weighted by Crippen LogP contribution is 2.22. The average molecular weight is 322 g/mol. The number of benzene rings is 2. The largest absolute Gasteiger partial charge is 0.316 e. The Morgan fingerprint density at radius 1 is 0.917 bits per heavy atom. The van der Waals surface area contributed by atoms with Crippen LogP contribution in [0.1, 0.15) is 33.6 Å². The molecule has 0 unspecified atom stereocenters. The van der Waals surface area contributed by atoms with Gasteiger partial charge in [-0.2, -0.15) is 0 Å². The molecule has 24 heavy (non-hydrogen) atoms. The molecule has 2 aromatic rings. The molecular weight excluding hydrogens is 304 g/mol. The van der Waals surface area contributed by atoms with Crippen molar-refractivity contribution in [2.75, 3.05) is 18.5 Å². The zero-order valence-corrected chi connectivity index (χ0v) is 13.4. The topological polar surface area (TPSA) is 57.7 Å². The Kier molecular flexibility index (Phi) is 4.42. The van der Waals surface area contributed by atoms with E-state index >= 15 is 0 Å². The van der Waals surface area contributed by atoms with Gasteiger partial charge < -0.3 is 4.90 Å². The van der Waals surface area contributed by atoms with Crippen LogP contribution < -0.4 is 4.90 Å². The molecule has 5 nitrogen and oxygen atoms in total. The summed E-state index contributed by atoms with van der Waals surface area (Å²) in [5.41, 5.74) is 1.70. The molecule has 3 amide bonds. The third-order valence-corrected chi connectivity index (χ3v) is 4.17. The SMILES string of the molecule is CN(C(=O)CCCN1C(=O)c2ccccc2C1=O)c1ccccc1. The van der Waals surface area contributed by atoms with Crippen molar-refractivity contribution < 1.29 is 14.4 Å². The lowest BCUT2D eigenvalue weighted by Crippen LogP contribution is -2.32. The van der Waals surface area contributed by atoms with Crippen LogP contribution in [0.4, 0.5) is 5.69 Å². The van der Waals surface area contributed by atoms with Crippen LogP contribution in [0.3, 0.4) is 0 Å². The number of hydrogen-bond acceptors (Lipinski definition) is 3. The van der Waals surface area contributed by atoms with Gasteiger partial charge in [-0.05, 0) is 30.7 Å². The van der Waals surface area contributed by atoms with E-state index < -0.39 is 0 Å². The quantitative estimate of drug-likeness (QED) is 0.795. The smallest absolute Gasteiger partial charge is 0.261 e. The van der Waals surface area contributed by atoms with Gasteiger partial charge in [0.2, 0.25) is 5.91 Å². The maximum Gasteiger partial charge on any atom is 0.261 e. The molecule has 0 spiro atoms. The van der Waals surface area contributed by atoms with Crippen LogP contribution in [0.15, 0.2) is 54.6 Å². The molecule has 0 N–H and O–H groups in total. The van der Waals surface area contributed by atoms with Gasteiger partial charge in [-0.1, -0.05) is 30.3 Å². The number of fused-ring (bicyclic) bond motifs is 1. The molecular formula is C19H18N2O3. The highest BCUT2D eigenvalue weighted by atomic mass is 16.2. The Bertz CT molecular complexity index is 751. The van der Waals surface area contributed by atoms with E-state index in [4.69, 9.17) is 0 Å². The first-order chi connectivity index (χ1) is 11.6. The summed E-state index contributed by atoms with van der Waals surface area (Å²) in [5, 5.41) is 0. The highest BCUT2D eigenvalue weighted by molar-refractivity contribution is 6.21. The Balaban J connectivity index is 1.57. The standard InChI is InChI=1S/C19H18N2O3/c1-20(14-8-3-2-4-9-14)17(22)12-7-13-21-18(23)15-10-5-6-11-16(15)19(21)24/h2-6,8-11H,7,12-13H2,1H3. The van der Waals surface area contributed by atoms with E-state index in [0.29, 0.717) is 17.5 Å². The Morgan fingerprint density at radius 2 is 1.46 bits per heavy atom. The summed E-state index contributed by atoms with van der Waals surface area (Å²) in [4.78, 5) is 39.5. The van der Waals surface area contributed by atoms with Gasteiger partial charge in [0.25, 0.3) is 11.8 Å². The van der Waals surface area contributed by atoms with Crippen LogP contribution in [0.2, 0.25) is 0 Å². The number of nitrogens with zero attached hydrogens (tertiary/aromatic N) is 2. The summed E-state index contributed by atoms with van der Waals surface area (Å²) in [5.74, 6) is -0.600. The number of carbonyl (C=O) groups excluding carboxylic acids is 3. The second-order valence-corrected chi connectivity index (χ2v) is 5.70. The Morgan fingerprint density at radius 3 is 2.04 bits per heavy atom. The van der Waals surface area contributed by atoms with Crippen LogP contribution in [-0.2, 0) is 4.79 Å². The molecule has 1 aliphatic rings. The maximum absolute atomic E-state index is 12.2. The van der Waals surface area contributed by atoms with Crippen LogP contribution in [0.5, 0.6) is 0 Å². The van der Waals surface area contributed by atoms with E-state index in [2.05, 4.69) is 0 Å². The van der Waals surface area contributed by atoms with Gasteiger partial charge in [0.15, 0.2) is 0 Å². The third kappa shape index (κ3) is 2.93. The molecule has 0 radical (unpaired) electrons. The summed E-state index contributed by atoms with van der Waals surface area (Å²) in [7, 11) is 1.72. The monoisotopic (exact) mass is 322 g/mol. The average Bonchev–Trinajstić information content (AvgIpc) is 2.87. The summed E-state index contributed by atoms with van der Waals surface area (Å²) in [6.45, 7) is 0.251. The van der Waals surface area contributed by atoms with Gasteiger partial charge in [-0.3, -0.25) is 19.3 Å². The predicted molar refractivity (Wildman–Crippen MR) is 90.9 cm³/mol. The molecule has 122 valence electrons. The van der Waals surface area contributed by atoms with Crippen molar-refractivity contribution in [2.45, 2.75) is 12.8 Å². The Labute approximate surface area is 140 Å². The zero-order chi connectivity index (χ0) is 17.1. The fourth-order valence-corrected chi connectivity index (χ4v) is 2.79. The fourth-order valence-electron chi connectivity index (χ4n) is 2.79. The first-order valence-corrected chi connectivity index (χ1v) is 7.86. The summed E-state index contributed by atoms with van der Waals surface area (Å²) >= 11 is 0. The maximum atomic E-state index is 12.2. The van der Waals surface area contributed by atoms with E-state index in [-0.39, 0.29) is 30.7 Å². The molecule has 0 aromatic heterocycles. The van der Waals surface area contributed by atoms with Crippen molar-refractivity contribution in [1.29, 1.82) is 0 Å². The lowest BCUT2D eigenvalue weighted by Gasteiger charge is -2.18. The van der Waals surface area contributed by atoms with Crippen molar-refractivity contribution in [3.05, 3.63) is 65.7 Å². The van der Waals surface area contributed by atoms with E-state index in [0.717, 1.165) is 5.69 Å². The predicted octanol–water partition coefficient (Wildman–Crippen LogP) is 2.73. The van der Waals surface area contributed by atoms with Gasteiger partial charge in [0, 0.05) is 25.7 Å². The minimum atomic E-state index is -0.278. The zero-order valence-electron chi connectivity index (χ0n) is 13.4. The minimum absolute atomic E-state index is 0.0437. The number of amides is 3. The first kappa shape index (κ1) is 15.9. The number of imide groups is 1. The van der Waals surface area contributed by atoms with Crippen molar-refractivity contribution in [3.8, 4) is 0 Å². The van der Waals surface area contributed by atoms with Crippen LogP contribution in [0.25, 0.3) is 0 Å². The minimum Gasteiger partial charge on any atom is -0.316 e. The van der Waals surface area contributed by atoms with Gasteiger partial charge in [-0.15, -0.1) is 0 Å². The lowest BCUT2D eigenvalue weighted by molar-refractivity contribution is -0.118. The molecule has 1 heterocycles. The molecule has 0 atom stereocenters. The lowest BCUT2D eigenvalue weighted by atomic mass is 10.1. The molecule has 0 saturated carbocycles. The highest BCUT2D eigenvalue weighted by Gasteiger charge is 2.34. The van der Waals surface area contributed by atoms with Crippen LogP contribution in [0, 0.1) is 0 Å². The summed E-state index contributed by atoms with van der Waals surface area (Å²) in [6, 6.07) is 16.2. The van der Waals surface area contributed by atoms with Crippen molar-refractivity contribution in [1.82, 2.24) is 4.90 Å². The number of rotatable bonds is 5. The molecule has 2 aromatic carbocycles. The van der Waals surface area contributed by atoms with Crippen LogP contribution in [-0.4, -0.2) is 36.2 Å². The Hall–Kier alpha value is -2.95. The molecule has 3 rings (SSSR count). The number of hydrogen-bond donors (Lipinski definition) is 0. The molecule has 0 aliphatic carbocycles. The molecule has 5 heteroatoms. The third-order valence-electron chi connectivity index (χ3n) is 4.17. The second-order valence-electron chi connectivity index (χ2n) is 5.70. The van der Waals surface area contributed by atoms with E-state index in [1.54, 1.807) is 36.2 Å². The number of anilines is 1. The summed E-state index contributed by atoms with van der Waals surface area (Å²) in [6.07, 6.45) is 0.722. The van der Waals surface area contributed by atoms with E-state index in [9.17, 15) is 14.4 Å². The fraction of sp³-hybridized carbons (Fsp3) is 0.211. The van der Waals surface area contributed by atoms with Gasteiger partial charge in [-0.25, -0.2) is 0 Å². The molecule has 0 fully saturated rings. The first-order valence-electron chi connectivity index (χ1n) is 7.86. The van der Waals surface area contributed by atoms with Crippen molar-refractivity contribution in [3.63, 3.8) is 0 Å². The molecule has 0 saturated heterocycles. The van der Waals surface area contributed by atoms with E-state index in [1.165, 1.54) is 4.90 Å². The van der Waals surface area contributed by atoms with E-state index in [1.807, 2.05) is 30.3 Å². The molecule has 1 aliphatic heterocycles. The number of carbonyl (C=O) groups is 3. The molecule has 0 bridgehead atoms. The van der Waals surface area contributed by atoms with Gasteiger partial charge in [0.1, 0.15) is 0 Å². The van der Waals surface area contributed by atoms with Crippen LogP contribution >= 0.6 is 0 Å². The van der Waals surface area contributed by atoms with Crippen molar-refractivity contribution >= 4 is 23.4 Å². The number of para-hydroxylation sites is 1. The normalized spacial score (nSPS) is 13.1. The summed E-state index contributed by atoms with van der Waals surface area (Å²) < 4.78 is 0. The second kappa shape index (κ2) is 6.66. The van der Waals surface area contributed by atoms with Gasteiger partial charge in [0.05, 0.1) is 11.1 Å².